The third kappa shape index (κ3) is 5.10. The van der Waals surface area contributed by atoms with Crippen molar-refractivity contribution in [3.05, 3.63) is 23.8 Å². The monoisotopic (exact) mass is 276 g/mol. The molecular weight excluding hydrogens is 252 g/mol. The smallest absolute Gasteiger partial charge is 0.161 e. The molecule has 0 aliphatic rings. The predicted octanol–water partition coefficient (Wildman–Crippen LogP) is 3.26. The molecule has 0 fully saturated rings. The first-order chi connectivity index (χ1) is 9.60. The van der Waals surface area contributed by atoms with E-state index in [4.69, 9.17) is 14.7 Å². The molecule has 0 amide bonds. The number of rotatable bonds is 8. The highest BCUT2D eigenvalue weighted by Crippen LogP contribution is 2.29. The molecule has 110 valence electrons. The first-order valence-corrected chi connectivity index (χ1v) is 7.04. The van der Waals surface area contributed by atoms with Crippen LogP contribution in [0.2, 0.25) is 0 Å². The lowest BCUT2D eigenvalue weighted by molar-refractivity contribution is 0.230. The van der Waals surface area contributed by atoms with Crippen molar-refractivity contribution in [2.24, 2.45) is 0 Å². The van der Waals surface area contributed by atoms with E-state index in [-0.39, 0.29) is 12.1 Å². The molecule has 0 heterocycles. The third-order valence-electron chi connectivity index (χ3n) is 3.02. The molecule has 0 radical (unpaired) electrons. The first-order valence-electron chi connectivity index (χ1n) is 7.04. The fourth-order valence-corrected chi connectivity index (χ4v) is 1.91. The Morgan fingerprint density at radius 3 is 2.60 bits per heavy atom. The number of nitriles is 1. The van der Waals surface area contributed by atoms with Crippen LogP contribution in [-0.4, -0.2) is 19.3 Å². The Labute approximate surface area is 121 Å². The first kappa shape index (κ1) is 16.3. The number of benzene rings is 1. The normalized spacial score (nSPS) is 12.0. The van der Waals surface area contributed by atoms with Crippen LogP contribution in [0.25, 0.3) is 0 Å². The van der Waals surface area contributed by atoms with Gasteiger partial charge >= 0.3 is 0 Å². The van der Waals surface area contributed by atoms with Crippen molar-refractivity contribution in [2.45, 2.75) is 52.3 Å². The second-order valence-electron chi connectivity index (χ2n) is 5.00. The summed E-state index contributed by atoms with van der Waals surface area (Å²) in [6, 6.07) is 8.36. The van der Waals surface area contributed by atoms with E-state index in [2.05, 4.69) is 18.3 Å². The van der Waals surface area contributed by atoms with Crippen LogP contribution in [0.3, 0.4) is 0 Å². The number of hydrogen-bond acceptors (Lipinski definition) is 4. The average molecular weight is 276 g/mol. The maximum Gasteiger partial charge on any atom is 0.161 e. The Hall–Kier alpha value is -1.73. The minimum atomic E-state index is 0.118. The molecule has 1 aromatic rings. The molecule has 1 N–H and O–H groups in total. The van der Waals surface area contributed by atoms with Crippen molar-refractivity contribution in [2.75, 3.05) is 7.11 Å². The van der Waals surface area contributed by atoms with Gasteiger partial charge in [-0.25, -0.2) is 0 Å². The van der Waals surface area contributed by atoms with Gasteiger partial charge in [-0.15, -0.1) is 0 Å². The van der Waals surface area contributed by atoms with E-state index < -0.39 is 0 Å². The van der Waals surface area contributed by atoms with Gasteiger partial charge in [0.05, 0.1) is 25.7 Å². The van der Waals surface area contributed by atoms with Gasteiger partial charge in [-0.05, 0) is 38.0 Å². The number of nitrogens with one attached hydrogen (secondary N) is 1. The molecule has 20 heavy (non-hydrogen) atoms. The van der Waals surface area contributed by atoms with Gasteiger partial charge in [-0.2, -0.15) is 5.26 Å². The topological polar surface area (TPSA) is 54.3 Å². The average Bonchev–Trinajstić information content (AvgIpc) is 2.44. The Morgan fingerprint density at radius 1 is 1.30 bits per heavy atom. The lowest BCUT2D eigenvalue weighted by atomic mass is 10.1. The zero-order valence-electron chi connectivity index (χ0n) is 12.8. The molecule has 0 saturated heterocycles. The summed E-state index contributed by atoms with van der Waals surface area (Å²) in [4.78, 5) is 0. The quantitative estimate of drug-likeness (QED) is 0.791. The lowest BCUT2D eigenvalue weighted by Gasteiger charge is -2.16. The van der Waals surface area contributed by atoms with Gasteiger partial charge in [0.25, 0.3) is 0 Å². The van der Waals surface area contributed by atoms with Crippen molar-refractivity contribution in [1.29, 1.82) is 5.26 Å². The Balaban J connectivity index is 2.70. The Morgan fingerprint density at radius 2 is 2.05 bits per heavy atom. The van der Waals surface area contributed by atoms with Crippen molar-refractivity contribution >= 4 is 0 Å². The van der Waals surface area contributed by atoms with Crippen molar-refractivity contribution < 1.29 is 9.47 Å². The lowest BCUT2D eigenvalue weighted by Crippen LogP contribution is -2.27. The molecule has 1 unspecified atom stereocenters. The number of ether oxygens (including phenoxy) is 2. The molecule has 0 aromatic heterocycles. The molecule has 0 saturated carbocycles. The second-order valence-corrected chi connectivity index (χ2v) is 5.00. The molecule has 0 aliphatic heterocycles. The zero-order chi connectivity index (χ0) is 15.0. The SMILES string of the molecule is CCC(CC#N)NCc1ccc(OC(C)C)c(OC)c1. The standard InChI is InChI=1S/C16H24N2O2/c1-5-14(8-9-17)18-11-13-6-7-15(20-12(2)3)16(10-13)19-4/h6-7,10,12,14,18H,5,8,11H2,1-4H3. The van der Waals surface area contributed by atoms with Crippen molar-refractivity contribution in [1.82, 2.24) is 5.32 Å². The highest BCUT2D eigenvalue weighted by Gasteiger charge is 2.09. The molecule has 1 rings (SSSR count). The largest absolute Gasteiger partial charge is 0.493 e. The van der Waals surface area contributed by atoms with Crippen LogP contribution in [0.4, 0.5) is 0 Å². The van der Waals surface area contributed by atoms with Gasteiger partial charge in [0.2, 0.25) is 0 Å². The van der Waals surface area contributed by atoms with Gasteiger partial charge in [0.1, 0.15) is 0 Å². The van der Waals surface area contributed by atoms with E-state index in [1.54, 1.807) is 7.11 Å². The molecular formula is C16H24N2O2. The van der Waals surface area contributed by atoms with Crippen LogP contribution in [0.15, 0.2) is 18.2 Å². The number of nitrogens with zero attached hydrogens (tertiary/aromatic N) is 1. The van der Waals surface area contributed by atoms with Gasteiger partial charge in [0.15, 0.2) is 11.5 Å². The van der Waals surface area contributed by atoms with Gasteiger partial charge in [-0.1, -0.05) is 13.0 Å². The Bertz CT molecular complexity index is 452. The molecule has 4 nitrogen and oxygen atoms in total. The van der Waals surface area contributed by atoms with E-state index in [0.29, 0.717) is 6.42 Å². The Kier molecular flexibility index (Phi) is 6.89. The summed E-state index contributed by atoms with van der Waals surface area (Å²) in [5.41, 5.74) is 1.12. The number of methoxy groups -OCH3 is 1. The summed E-state index contributed by atoms with van der Waals surface area (Å²) < 4.78 is 11.1. The molecule has 4 heteroatoms. The van der Waals surface area contributed by atoms with Crippen LogP contribution in [0, 0.1) is 11.3 Å². The van der Waals surface area contributed by atoms with Gasteiger partial charge in [-0.3, -0.25) is 0 Å². The van der Waals surface area contributed by atoms with Gasteiger partial charge in [0, 0.05) is 12.6 Å². The van der Waals surface area contributed by atoms with Gasteiger partial charge < -0.3 is 14.8 Å². The molecule has 1 atom stereocenters. The maximum atomic E-state index is 8.74. The van der Waals surface area contributed by atoms with Crippen LogP contribution in [-0.2, 0) is 6.54 Å². The summed E-state index contributed by atoms with van der Waals surface area (Å²) in [7, 11) is 1.64. The van der Waals surface area contributed by atoms with Crippen molar-refractivity contribution in [3.8, 4) is 17.6 Å². The van der Waals surface area contributed by atoms with E-state index >= 15 is 0 Å². The van der Waals surface area contributed by atoms with Crippen LogP contribution < -0.4 is 14.8 Å². The predicted molar refractivity (Wildman–Crippen MR) is 79.9 cm³/mol. The molecule has 0 spiro atoms. The van der Waals surface area contributed by atoms with E-state index in [1.807, 2.05) is 32.0 Å². The zero-order valence-corrected chi connectivity index (χ0v) is 12.8. The minimum absolute atomic E-state index is 0.118. The van der Waals surface area contributed by atoms with Crippen molar-refractivity contribution in [3.63, 3.8) is 0 Å². The number of hydrogen-bond donors (Lipinski definition) is 1. The summed E-state index contributed by atoms with van der Waals surface area (Å²) in [5.74, 6) is 1.50. The van der Waals surface area contributed by atoms with E-state index in [1.165, 1.54) is 0 Å². The summed E-state index contributed by atoms with van der Waals surface area (Å²) in [6.07, 6.45) is 1.59. The fourth-order valence-electron chi connectivity index (χ4n) is 1.91. The summed E-state index contributed by atoms with van der Waals surface area (Å²) in [6.45, 7) is 6.78. The molecule has 0 bridgehead atoms. The fraction of sp³-hybridized carbons (Fsp3) is 0.562. The minimum Gasteiger partial charge on any atom is -0.493 e. The van der Waals surface area contributed by atoms with E-state index in [9.17, 15) is 0 Å². The highest BCUT2D eigenvalue weighted by molar-refractivity contribution is 5.43. The molecule has 1 aromatic carbocycles. The summed E-state index contributed by atoms with van der Waals surface area (Å²) >= 11 is 0. The van der Waals surface area contributed by atoms with Crippen LogP contribution >= 0.6 is 0 Å². The van der Waals surface area contributed by atoms with E-state index in [0.717, 1.165) is 30.0 Å². The summed E-state index contributed by atoms with van der Waals surface area (Å²) in [5, 5.41) is 12.1. The third-order valence-corrected chi connectivity index (χ3v) is 3.02. The second kappa shape index (κ2) is 8.44. The highest BCUT2D eigenvalue weighted by atomic mass is 16.5. The molecule has 0 aliphatic carbocycles. The van der Waals surface area contributed by atoms with Crippen LogP contribution in [0.1, 0.15) is 39.2 Å². The van der Waals surface area contributed by atoms with Crippen LogP contribution in [0.5, 0.6) is 11.5 Å². The maximum absolute atomic E-state index is 8.74.